The van der Waals surface area contributed by atoms with Crippen molar-refractivity contribution in [2.75, 3.05) is 0 Å². The molecule has 5 nitrogen and oxygen atoms in total. The van der Waals surface area contributed by atoms with Gasteiger partial charge in [0.15, 0.2) is 0 Å². The van der Waals surface area contributed by atoms with Gasteiger partial charge in [-0.05, 0) is 76.5 Å². The molecule has 0 radical (unpaired) electrons. The first-order valence-electron chi connectivity index (χ1n) is 9.70. The van der Waals surface area contributed by atoms with E-state index in [-0.39, 0.29) is 17.6 Å². The molecule has 4 saturated carbocycles. The van der Waals surface area contributed by atoms with Crippen LogP contribution in [0.4, 0.5) is 0 Å². The zero-order valence-electron chi connectivity index (χ0n) is 14.4. The summed E-state index contributed by atoms with van der Waals surface area (Å²) >= 11 is 0. The molecule has 1 heterocycles. The molecule has 134 valence electrons. The van der Waals surface area contributed by atoms with Gasteiger partial charge in [-0.15, -0.1) is 0 Å². The van der Waals surface area contributed by atoms with E-state index in [1.807, 2.05) is 0 Å². The molecule has 1 aliphatic heterocycles. The summed E-state index contributed by atoms with van der Waals surface area (Å²) in [6.07, 6.45) is 11.3. The summed E-state index contributed by atoms with van der Waals surface area (Å²) in [6, 6.07) is 0. The van der Waals surface area contributed by atoms with Crippen LogP contribution in [-0.2, 0) is 14.3 Å². The maximum Gasteiger partial charge on any atom is 0.309 e. The van der Waals surface area contributed by atoms with Crippen molar-refractivity contribution < 1.29 is 19.4 Å². The smallest absolute Gasteiger partial charge is 0.309 e. The molecule has 24 heavy (non-hydrogen) atoms. The number of carbonyl (C=O) groups is 2. The van der Waals surface area contributed by atoms with Crippen LogP contribution in [0.1, 0.15) is 77.0 Å². The summed E-state index contributed by atoms with van der Waals surface area (Å²) in [5, 5.41) is 12.7. The van der Waals surface area contributed by atoms with Crippen LogP contribution >= 0.6 is 0 Å². The zero-order valence-corrected chi connectivity index (χ0v) is 14.4. The Kier molecular flexibility index (Phi) is 4.10. The minimum atomic E-state index is -0.649. The predicted octanol–water partition coefficient (Wildman–Crippen LogP) is 3.02. The molecule has 2 atom stereocenters. The second-order valence-electron chi connectivity index (χ2n) is 8.68. The van der Waals surface area contributed by atoms with Crippen LogP contribution in [0.25, 0.3) is 0 Å². The number of aliphatic carboxylic acids is 1. The molecule has 0 spiro atoms. The Hall–Kier alpha value is -1.10. The number of ether oxygens (including phenoxy) is 1. The number of nitrogens with one attached hydrogen (secondary N) is 1. The number of carboxylic acid groups (broad SMARTS) is 1. The monoisotopic (exact) mass is 335 g/mol. The number of carbonyl (C=O) groups excluding carboxylic acids is 1. The van der Waals surface area contributed by atoms with Crippen LogP contribution in [0, 0.1) is 11.3 Å². The van der Waals surface area contributed by atoms with Gasteiger partial charge in [0.05, 0.1) is 24.0 Å². The van der Waals surface area contributed by atoms with Crippen LogP contribution in [0.15, 0.2) is 0 Å². The van der Waals surface area contributed by atoms with Crippen LogP contribution in [0.5, 0.6) is 0 Å². The van der Waals surface area contributed by atoms with Crippen molar-refractivity contribution in [3.05, 3.63) is 0 Å². The van der Waals surface area contributed by atoms with Gasteiger partial charge in [0.2, 0.25) is 5.91 Å². The molecule has 5 heteroatoms. The molecule has 4 aliphatic carbocycles. The van der Waals surface area contributed by atoms with Crippen molar-refractivity contribution in [1.82, 2.24) is 5.32 Å². The highest BCUT2D eigenvalue weighted by atomic mass is 16.5. The Morgan fingerprint density at radius 2 is 1.67 bits per heavy atom. The number of amides is 1. The van der Waals surface area contributed by atoms with Crippen molar-refractivity contribution in [2.24, 2.45) is 11.3 Å². The molecule has 1 amide bonds. The summed E-state index contributed by atoms with van der Waals surface area (Å²) < 4.78 is 6.16. The number of rotatable bonds is 5. The Morgan fingerprint density at radius 1 is 1.00 bits per heavy atom. The minimum Gasteiger partial charge on any atom is -0.481 e. The highest BCUT2D eigenvalue weighted by Gasteiger charge is 2.53. The van der Waals surface area contributed by atoms with Crippen molar-refractivity contribution in [3.8, 4) is 0 Å². The molecule has 5 fully saturated rings. The fraction of sp³-hybridized carbons (Fsp3) is 0.895. The van der Waals surface area contributed by atoms with Crippen molar-refractivity contribution >= 4 is 11.9 Å². The number of hydrogen-bond acceptors (Lipinski definition) is 3. The van der Waals surface area contributed by atoms with Gasteiger partial charge in [0.25, 0.3) is 0 Å². The second kappa shape index (κ2) is 6.01. The zero-order chi connectivity index (χ0) is 16.8. The second-order valence-corrected chi connectivity index (χ2v) is 8.68. The molecule has 0 aromatic heterocycles. The van der Waals surface area contributed by atoms with Gasteiger partial charge in [-0.25, -0.2) is 0 Å². The van der Waals surface area contributed by atoms with E-state index in [2.05, 4.69) is 5.32 Å². The molecular formula is C19H29NO4. The fourth-order valence-corrected chi connectivity index (χ4v) is 5.14. The lowest BCUT2D eigenvalue weighted by molar-refractivity contribution is -0.157. The molecular weight excluding hydrogens is 306 g/mol. The van der Waals surface area contributed by atoms with Gasteiger partial charge in [0.1, 0.15) is 0 Å². The SMILES string of the molecule is O=C(C[C@@H]1CCC[C@H](C2CC2)O1)NC12CCC(C(=O)O)(CC1)CC2. The lowest BCUT2D eigenvalue weighted by atomic mass is 9.57. The predicted molar refractivity (Wildman–Crippen MR) is 88.5 cm³/mol. The fourth-order valence-electron chi connectivity index (χ4n) is 5.14. The Balaban J connectivity index is 1.30. The largest absolute Gasteiger partial charge is 0.481 e. The third-order valence-electron chi connectivity index (χ3n) is 7.05. The van der Waals surface area contributed by atoms with E-state index in [0.717, 1.165) is 38.0 Å². The first-order valence-corrected chi connectivity index (χ1v) is 9.70. The van der Waals surface area contributed by atoms with E-state index >= 15 is 0 Å². The number of carboxylic acids is 1. The van der Waals surface area contributed by atoms with E-state index in [4.69, 9.17) is 4.74 Å². The van der Waals surface area contributed by atoms with Crippen molar-refractivity contribution in [1.29, 1.82) is 0 Å². The lowest BCUT2D eigenvalue weighted by Gasteiger charge is -2.51. The van der Waals surface area contributed by atoms with E-state index < -0.39 is 11.4 Å². The summed E-state index contributed by atoms with van der Waals surface area (Å²) in [7, 11) is 0. The first-order chi connectivity index (χ1) is 11.5. The Morgan fingerprint density at radius 3 is 2.25 bits per heavy atom. The maximum absolute atomic E-state index is 12.6. The van der Waals surface area contributed by atoms with Crippen LogP contribution in [0.2, 0.25) is 0 Å². The standard InChI is InChI=1S/C19H29NO4/c21-16(12-14-2-1-3-15(24-14)13-4-5-13)20-19-9-6-18(7-10-19,8-11-19)17(22)23/h13-15H,1-12H2,(H,20,21)(H,22,23)/t14-,15+,18?,19?/m0/s1. The van der Waals surface area contributed by atoms with E-state index in [1.54, 1.807) is 0 Å². The molecule has 5 rings (SSSR count). The maximum atomic E-state index is 12.6. The highest BCUT2D eigenvalue weighted by molar-refractivity contribution is 5.78. The topological polar surface area (TPSA) is 75.6 Å². The van der Waals surface area contributed by atoms with E-state index in [1.165, 1.54) is 19.3 Å². The van der Waals surface area contributed by atoms with Crippen LogP contribution in [0.3, 0.4) is 0 Å². The number of fused-ring (bicyclic) bond motifs is 3. The molecule has 0 unspecified atom stereocenters. The average Bonchev–Trinajstić information content (AvgIpc) is 3.41. The average molecular weight is 335 g/mol. The quantitative estimate of drug-likeness (QED) is 0.810. The van der Waals surface area contributed by atoms with Gasteiger partial charge in [-0.1, -0.05) is 0 Å². The van der Waals surface area contributed by atoms with Crippen molar-refractivity contribution in [2.45, 2.75) is 94.8 Å². The van der Waals surface area contributed by atoms with E-state index in [9.17, 15) is 14.7 Å². The lowest BCUT2D eigenvalue weighted by Crippen LogP contribution is -2.58. The van der Waals surface area contributed by atoms with Gasteiger partial charge in [0, 0.05) is 5.54 Å². The summed E-state index contributed by atoms with van der Waals surface area (Å²) in [5.41, 5.74) is -0.671. The molecule has 1 saturated heterocycles. The van der Waals surface area contributed by atoms with Crippen molar-refractivity contribution in [3.63, 3.8) is 0 Å². The summed E-state index contributed by atoms with van der Waals surface area (Å²) in [4.78, 5) is 24.1. The minimum absolute atomic E-state index is 0.0750. The molecule has 2 bridgehead atoms. The van der Waals surface area contributed by atoms with Crippen LogP contribution in [-0.4, -0.2) is 34.7 Å². The Labute approximate surface area is 143 Å². The Bertz CT molecular complexity index is 503. The normalized spacial score (nSPS) is 41.8. The third-order valence-corrected chi connectivity index (χ3v) is 7.05. The van der Waals surface area contributed by atoms with E-state index in [0.29, 0.717) is 31.8 Å². The van der Waals surface area contributed by atoms with Gasteiger partial charge < -0.3 is 15.2 Å². The molecule has 0 aromatic carbocycles. The summed E-state index contributed by atoms with van der Waals surface area (Å²) in [5.74, 6) is 0.195. The summed E-state index contributed by atoms with van der Waals surface area (Å²) in [6.45, 7) is 0. The van der Waals surface area contributed by atoms with Gasteiger partial charge in [-0.3, -0.25) is 9.59 Å². The first kappa shape index (κ1) is 16.4. The molecule has 5 aliphatic rings. The van der Waals surface area contributed by atoms with Crippen LogP contribution < -0.4 is 5.32 Å². The van der Waals surface area contributed by atoms with Gasteiger partial charge in [-0.2, -0.15) is 0 Å². The molecule has 2 N–H and O–H groups in total. The highest BCUT2D eigenvalue weighted by Crippen LogP contribution is 2.52. The molecule has 0 aromatic rings. The third kappa shape index (κ3) is 3.07. The number of hydrogen-bond donors (Lipinski definition) is 2. The van der Waals surface area contributed by atoms with Gasteiger partial charge >= 0.3 is 5.97 Å².